The molecule has 0 radical (unpaired) electrons. The van der Waals surface area contributed by atoms with E-state index in [1.165, 1.54) is 0 Å². The average Bonchev–Trinajstić information content (AvgIpc) is 2.82. The molecule has 0 aliphatic heterocycles. The van der Waals surface area contributed by atoms with Gasteiger partial charge in [-0.2, -0.15) is 0 Å². The van der Waals surface area contributed by atoms with Crippen LogP contribution in [0.15, 0.2) is 39.8 Å². The summed E-state index contributed by atoms with van der Waals surface area (Å²) in [6, 6.07) is 8.68. The first kappa shape index (κ1) is 15.7. The normalized spacial score (nSPS) is 12.0. The van der Waals surface area contributed by atoms with Crippen molar-refractivity contribution in [3.8, 4) is 0 Å². The van der Waals surface area contributed by atoms with Crippen molar-refractivity contribution in [1.82, 2.24) is 9.88 Å². The summed E-state index contributed by atoms with van der Waals surface area (Å²) < 4.78 is 31.8. The van der Waals surface area contributed by atoms with Crippen LogP contribution in [0, 0.1) is 12.8 Å². The van der Waals surface area contributed by atoms with E-state index in [-0.39, 0.29) is 11.4 Å². The van der Waals surface area contributed by atoms with Crippen LogP contribution in [0.3, 0.4) is 0 Å². The summed E-state index contributed by atoms with van der Waals surface area (Å²) in [6.45, 7) is 6.14. The lowest BCUT2D eigenvalue weighted by Crippen LogP contribution is -2.23. The minimum Gasteiger partial charge on any atom is -0.361 e. The van der Waals surface area contributed by atoms with E-state index in [9.17, 15) is 8.42 Å². The largest absolute Gasteiger partial charge is 0.361 e. The molecular formula is C15H20N2O3S. The van der Waals surface area contributed by atoms with Crippen LogP contribution in [0.4, 0.5) is 0 Å². The molecule has 0 atom stereocenters. The van der Waals surface area contributed by atoms with Gasteiger partial charge in [0.2, 0.25) is 10.0 Å². The van der Waals surface area contributed by atoms with Gasteiger partial charge >= 0.3 is 0 Å². The van der Waals surface area contributed by atoms with Gasteiger partial charge in [0.05, 0.1) is 17.1 Å². The number of hydrogen-bond donors (Lipinski definition) is 1. The molecule has 0 unspecified atom stereocenters. The Labute approximate surface area is 125 Å². The first-order chi connectivity index (χ1) is 9.87. The van der Waals surface area contributed by atoms with Crippen molar-refractivity contribution < 1.29 is 12.9 Å². The fraction of sp³-hybridized carbons (Fsp3) is 0.400. The van der Waals surface area contributed by atoms with E-state index in [0.717, 1.165) is 12.0 Å². The molecule has 1 aromatic carbocycles. The second-order valence-corrected chi connectivity index (χ2v) is 7.26. The molecule has 0 aliphatic rings. The highest BCUT2D eigenvalue weighted by molar-refractivity contribution is 7.89. The minimum absolute atomic E-state index is 0.118. The van der Waals surface area contributed by atoms with Crippen LogP contribution < -0.4 is 4.72 Å². The van der Waals surface area contributed by atoms with Gasteiger partial charge in [-0.1, -0.05) is 31.1 Å². The second-order valence-electron chi connectivity index (χ2n) is 5.50. The zero-order valence-electron chi connectivity index (χ0n) is 12.5. The summed E-state index contributed by atoms with van der Waals surface area (Å²) in [4.78, 5) is 0.259. The first-order valence-corrected chi connectivity index (χ1v) is 8.36. The van der Waals surface area contributed by atoms with Gasteiger partial charge in [0, 0.05) is 6.07 Å². The van der Waals surface area contributed by atoms with Gasteiger partial charge in [-0.15, -0.1) is 0 Å². The predicted octanol–water partition coefficient (Wildman–Crippen LogP) is 2.66. The van der Waals surface area contributed by atoms with Crippen LogP contribution in [-0.4, -0.2) is 13.6 Å². The predicted molar refractivity (Wildman–Crippen MR) is 80.2 cm³/mol. The van der Waals surface area contributed by atoms with Crippen molar-refractivity contribution in [3.05, 3.63) is 47.3 Å². The highest BCUT2D eigenvalue weighted by Crippen LogP contribution is 2.14. The van der Waals surface area contributed by atoms with Crippen LogP contribution in [0.25, 0.3) is 0 Å². The number of nitrogens with zero attached hydrogens (tertiary/aromatic N) is 1. The molecule has 0 bridgehead atoms. The highest BCUT2D eigenvalue weighted by atomic mass is 32.2. The molecule has 0 fully saturated rings. The lowest BCUT2D eigenvalue weighted by Gasteiger charge is -2.08. The number of sulfonamides is 1. The zero-order chi connectivity index (χ0) is 15.5. The zero-order valence-corrected chi connectivity index (χ0v) is 13.3. The summed E-state index contributed by atoms with van der Waals surface area (Å²) in [5, 5.41) is 3.76. The topological polar surface area (TPSA) is 72.2 Å². The van der Waals surface area contributed by atoms with Gasteiger partial charge in [0.1, 0.15) is 5.76 Å². The molecule has 6 heteroatoms. The summed E-state index contributed by atoms with van der Waals surface area (Å²) in [5.74, 6) is 1.20. The molecule has 114 valence electrons. The van der Waals surface area contributed by atoms with Crippen LogP contribution in [0.2, 0.25) is 0 Å². The highest BCUT2D eigenvalue weighted by Gasteiger charge is 2.14. The van der Waals surface area contributed by atoms with Gasteiger partial charge in [-0.3, -0.25) is 0 Å². The molecule has 5 nitrogen and oxygen atoms in total. The monoisotopic (exact) mass is 308 g/mol. The van der Waals surface area contributed by atoms with Gasteiger partial charge < -0.3 is 4.52 Å². The lowest BCUT2D eigenvalue weighted by molar-refractivity contribution is 0.390. The maximum atomic E-state index is 12.2. The quantitative estimate of drug-likeness (QED) is 0.890. The lowest BCUT2D eigenvalue weighted by atomic mass is 10.0. The SMILES string of the molecule is Cc1cc(CNS(=O)(=O)c2ccc(CC(C)C)cc2)no1. The van der Waals surface area contributed by atoms with Gasteiger partial charge in [0.25, 0.3) is 0 Å². The fourth-order valence-electron chi connectivity index (χ4n) is 2.03. The molecule has 21 heavy (non-hydrogen) atoms. The third-order valence-electron chi connectivity index (χ3n) is 3.00. The number of nitrogens with one attached hydrogen (secondary N) is 1. The molecule has 2 rings (SSSR count). The summed E-state index contributed by atoms with van der Waals surface area (Å²) >= 11 is 0. The summed E-state index contributed by atoms with van der Waals surface area (Å²) in [5.41, 5.74) is 1.70. The van der Waals surface area contributed by atoms with Crippen molar-refractivity contribution >= 4 is 10.0 Å². The molecule has 2 aromatic rings. The van der Waals surface area contributed by atoms with E-state index in [0.29, 0.717) is 17.4 Å². The van der Waals surface area contributed by atoms with Crippen LogP contribution in [0.1, 0.15) is 30.9 Å². The summed E-state index contributed by atoms with van der Waals surface area (Å²) in [6.07, 6.45) is 0.936. The molecule has 0 saturated heterocycles. The third kappa shape index (κ3) is 4.41. The van der Waals surface area contributed by atoms with Gasteiger partial charge in [-0.25, -0.2) is 13.1 Å². The Hall–Kier alpha value is -1.66. The Morgan fingerprint density at radius 1 is 1.24 bits per heavy atom. The Bertz CT molecular complexity index is 688. The Balaban J connectivity index is 2.05. The second kappa shape index (κ2) is 6.41. The van der Waals surface area contributed by atoms with Crippen LogP contribution >= 0.6 is 0 Å². The third-order valence-corrected chi connectivity index (χ3v) is 4.41. The Morgan fingerprint density at radius 2 is 1.90 bits per heavy atom. The Kier molecular flexibility index (Phi) is 4.80. The average molecular weight is 308 g/mol. The van der Waals surface area contributed by atoms with Gasteiger partial charge in [-0.05, 0) is 37.0 Å². The van der Waals surface area contributed by atoms with E-state index in [2.05, 4.69) is 23.7 Å². The molecule has 1 N–H and O–H groups in total. The van der Waals surface area contributed by atoms with Crippen LogP contribution in [-0.2, 0) is 23.0 Å². The van der Waals surface area contributed by atoms with Crippen molar-refractivity contribution in [2.45, 2.75) is 38.6 Å². The summed E-state index contributed by atoms with van der Waals surface area (Å²) in [7, 11) is -3.53. The molecular weight excluding hydrogens is 288 g/mol. The molecule has 1 heterocycles. The number of aryl methyl sites for hydroxylation is 1. The molecule has 1 aromatic heterocycles. The van der Waals surface area contributed by atoms with Crippen molar-refractivity contribution in [2.24, 2.45) is 5.92 Å². The van der Waals surface area contributed by atoms with E-state index in [1.54, 1.807) is 25.1 Å². The smallest absolute Gasteiger partial charge is 0.240 e. The van der Waals surface area contributed by atoms with E-state index >= 15 is 0 Å². The van der Waals surface area contributed by atoms with E-state index in [4.69, 9.17) is 4.52 Å². The number of benzene rings is 1. The molecule has 0 amide bonds. The van der Waals surface area contributed by atoms with Crippen molar-refractivity contribution in [3.63, 3.8) is 0 Å². The number of hydrogen-bond acceptors (Lipinski definition) is 4. The molecule has 0 aliphatic carbocycles. The molecule has 0 saturated carbocycles. The fourth-order valence-corrected chi connectivity index (χ4v) is 3.03. The van der Waals surface area contributed by atoms with Crippen molar-refractivity contribution in [1.29, 1.82) is 0 Å². The van der Waals surface area contributed by atoms with E-state index < -0.39 is 10.0 Å². The van der Waals surface area contributed by atoms with Crippen LogP contribution in [0.5, 0.6) is 0 Å². The maximum Gasteiger partial charge on any atom is 0.240 e. The Morgan fingerprint density at radius 3 is 2.43 bits per heavy atom. The standard InChI is InChI=1S/C15H20N2O3S/c1-11(2)8-13-4-6-15(7-5-13)21(18,19)16-10-14-9-12(3)20-17-14/h4-7,9,11,16H,8,10H2,1-3H3. The van der Waals surface area contributed by atoms with Gasteiger partial charge in [0.15, 0.2) is 0 Å². The minimum atomic E-state index is -3.53. The van der Waals surface area contributed by atoms with E-state index in [1.807, 2.05) is 12.1 Å². The number of rotatable bonds is 6. The first-order valence-electron chi connectivity index (χ1n) is 6.87. The molecule has 0 spiro atoms. The van der Waals surface area contributed by atoms with Crippen molar-refractivity contribution in [2.75, 3.05) is 0 Å². The maximum absolute atomic E-state index is 12.2. The number of aromatic nitrogens is 1.